The van der Waals surface area contributed by atoms with Crippen LogP contribution in [0.5, 0.6) is 0 Å². The quantitative estimate of drug-likeness (QED) is 0.252. The molecule has 0 aliphatic rings. The predicted molar refractivity (Wildman–Crippen MR) is 57.1 cm³/mol. The zero-order valence-electron chi connectivity index (χ0n) is 7.82. The second-order valence-electron chi connectivity index (χ2n) is 2.47. The molecule has 0 fully saturated rings. The van der Waals surface area contributed by atoms with Crippen LogP contribution in [0.2, 0.25) is 0 Å². The second kappa shape index (κ2) is 7.70. The molecule has 0 aromatic heterocycles. The summed E-state index contributed by atoms with van der Waals surface area (Å²) in [5.41, 5.74) is 0.211. The van der Waals surface area contributed by atoms with E-state index >= 15 is 0 Å². The molecule has 0 aromatic carbocycles. The van der Waals surface area contributed by atoms with Crippen molar-refractivity contribution in [2.75, 3.05) is 24.8 Å². The lowest BCUT2D eigenvalue weighted by Gasteiger charge is -2.22. The fourth-order valence-electron chi connectivity index (χ4n) is 0.937. The minimum absolute atomic E-state index is 0.175. The molecular weight excluding hydrogens is 229 g/mol. The minimum Gasteiger partial charge on any atom is -0.411 e. The van der Waals surface area contributed by atoms with Crippen LogP contribution in [-0.2, 0) is 0 Å². The van der Waals surface area contributed by atoms with Crippen molar-refractivity contribution < 1.29 is 10.4 Å². The van der Waals surface area contributed by atoms with E-state index in [0.29, 0.717) is 24.8 Å². The third-order valence-corrected chi connectivity index (χ3v) is 1.91. The van der Waals surface area contributed by atoms with Crippen LogP contribution in [-0.4, -0.2) is 51.7 Å². The van der Waals surface area contributed by atoms with Crippen LogP contribution in [0.25, 0.3) is 0 Å². The summed E-state index contributed by atoms with van der Waals surface area (Å²) in [5.74, 6) is 0.914. The monoisotopic (exact) mass is 241 g/mol. The van der Waals surface area contributed by atoms with E-state index in [1.54, 1.807) is 4.90 Å². The molecule has 14 heavy (non-hydrogen) atoms. The summed E-state index contributed by atoms with van der Waals surface area (Å²) in [6.45, 7) is 2.46. The Morgan fingerprint density at radius 2 is 1.64 bits per heavy atom. The van der Waals surface area contributed by atoms with Gasteiger partial charge in [-0.15, -0.1) is 23.2 Å². The molecule has 0 aliphatic carbocycles. The van der Waals surface area contributed by atoms with Crippen LogP contribution < -0.4 is 0 Å². The summed E-state index contributed by atoms with van der Waals surface area (Å²) < 4.78 is 0. The molecule has 0 amide bonds. The van der Waals surface area contributed by atoms with Crippen molar-refractivity contribution in [3.63, 3.8) is 0 Å². The maximum Gasteiger partial charge on any atom is 0.192 e. The van der Waals surface area contributed by atoms with Crippen LogP contribution in [0.4, 0.5) is 0 Å². The van der Waals surface area contributed by atoms with Gasteiger partial charge in [-0.2, -0.15) is 0 Å². The molecule has 0 rings (SSSR count). The lowest BCUT2D eigenvalue weighted by Crippen LogP contribution is -2.38. The van der Waals surface area contributed by atoms with Crippen molar-refractivity contribution >= 4 is 34.7 Å². The van der Waals surface area contributed by atoms with Crippen molar-refractivity contribution in [3.05, 3.63) is 0 Å². The normalized spacial score (nSPS) is 13.1. The number of amidine groups is 1. The van der Waals surface area contributed by atoms with Crippen molar-refractivity contribution in [3.8, 4) is 0 Å². The number of rotatable bonds is 5. The smallest absolute Gasteiger partial charge is 0.192 e. The molecule has 0 radical (unpaired) electrons. The average molecular weight is 242 g/mol. The number of nitrogens with zero attached hydrogens (tertiary/aromatic N) is 3. The Kier molecular flexibility index (Phi) is 7.32. The molecule has 5 nitrogen and oxygen atoms in total. The Labute approximate surface area is 92.6 Å². The van der Waals surface area contributed by atoms with Crippen LogP contribution >= 0.6 is 23.2 Å². The summed E-state index contributed by atoms with van der Waals surface area (Å²) in [5, 5.41) is 23.2. The fraction of sp³-hybridized carbons (Fsp3) is 0.714. The van der Waals surface area contributed by atoms with Gasteiger partial charge >= 0.3 is 0 Å². The molecule has 2 N–H and O–H groups in total. The van der Waals surface area contributed by atoms with Crippen LogP contribution in [0, 0.1) is 0 Å². The summed E-state index contributed by atoms with van der Waals surface area (Å²) in [4.78, 5) is 1.63. The largest absolute Gasteiger partial charge is 0.411 e. The van der Waals surface area contributed by atoms with E-state index in [2.05, 4.69) is 10.3 Å². The zero-order valence-corrected chi connectivity index (χ0v) is 9.33. The minimum atomic E-state index is 0.175. The lowest BCUT2D eigenvalue weighted by atomic mass is 10.3. The highest BCUT2D eigenvalue weighted by molar-refractivity contribution is 6.40. The van der Waals surface area contributed by atoms with E-state index in [4.69, 9.17) is 33.6 Å². The molecule has 0 bridgehead atoms. The first-order valence-corrected chi connectivity index (χ1v) is 5.06. The van der Waals surface area contributed by atoms with E-state index in [1.807, 2.05) is 0 Å². The standard InChI is InChI=1S/C7H13Cl2N3O2/c1-6(10-13)7(11-14)12(4-2-8)5-3-9/h13-14H,2-5H2,1H3/b10-6+,11-7+. The van der Waals surface area contributed by atoms with Gasteiger partial charge in [0.2, 0.25) is 0 Å². The van der Waals surface area contributed by atoms with Gasteiger partial charge in [0.1, 0.15) is 5.71 Å². The number of oxime groups is 2. The highest BCUT2D eigenvalue weighted by atomic mass is 35.5. The van der Waals surface area contributed by atoms with Gasteiger partial charge in [-0.25, -0.2) is 0 Å². The Morgan fingerprint density at radius 1 is 1.14 bits per heavy atom. The molecule has 7 heteroatoms. The van der Waals surface area contributed by atoms with E-state index in [9.17, 15) is 0 Å². The fourth-order valence-corrected chi connectivity index (χ4v) is 1.34. The Bertz CT molecular complexity index is 215. The molecule has 0 saturated heterocycles. The zero-order chi connectivity index (χ0) is 11.0. The second-order valence-corrected chi connectivity index (χ2v) is 3.23. The summed E-state index contributed by atoms with van der Waals surface area (Å²) in [7, 11) is 0. The summed E-state index contributed by atoms with van der Waals surface area (Å²) in [6.07, 6.45) is 0. The molecule has 0 heterocycles. The van der Waals surface area contributed by atoms with E-state index in [0.717, 1.165) is 0 Å². The van der Waals surface area contributed by atoms with Gasteiger partial charge in [-0.1, -0.05) is 10.3 Å². The number of halogens is 2. The first kappa shape index (κ1) is 13.3. The molecule has 82 valence electrons. The van der Waals surface area contributed by atoms with Crippen molar-refractivity contribution in [2.24, 2.45) is 10.3 Å². The van der Waals surface area contributed by atoms with E-state index < -0.39 is 0 Å². The molecule has 0 aromatic rings. The van der Waals surface area contributed by atoms with Gasteiger partial charge in [0.15, 0.2) is 5.84 Å². The highest BCUT2D eigenvalue weighted by Gasteiger charge is 2.14. The SMILES string of the molecule is CC(=N\O)/C(=N\O)N(CCCl)CCCl. The highest BCUT2D eigenvalue weighted by Crippen LogP contribution is 1.97. The summed E-state index contributed by atoms with van der Waals surface area (Å²) >= 11 is 11.1. The molecule has 0 atom stereocenters. The lowest BCUT2D eigenvalue weighted by molar-refractivity contribution is 0.301. The molecular formula is C7H13Cl2N3O2. The van der Waals surface area contributed by atoms with Crippen LogP contribution in [0.15, 0.2) is 10.3 Å². The van der Waals surface area contributed by atoms with Gasteiger partial charge in [0.05, 0.1) is 0 Å². The Morgan fingerprint density at radius 3 is 1.93 bits per heavy atom. The summed E-state index contributed by atoms with van der Waals surface area (Å²) in [6, 6.07) is 0. The van der Waals surface area contributed by atoms with Crippen molar-refractivity contribution in [1.29, 1.82) is 0 Å². The molecule has 0 unspecified atom stereocenters. The molecule has 0 spiro atoms. The number of alkyl halides is 2. The predicted octanol–water partition coefficient (Wildman–Crippen LogP) is 1.40. The third-order valence-electron chi connectivity index (χ3n) is 1.58. The molecule has 0 aliphatic heterocycles. The third kappa shape index (κ3) is 4.02. The Balaban J connectivity index is 4.59. The first-order valence-electron chi connectivity index (χ1n) is 3.99. The van der Waals surface area contributed by atoms with E-state index in [1.165, 1.54) is 6.92 Å². The van der Waals surface area contributed by atoms with Crippen molar-refractivity contribution in [1.82, 2.24) is 4.90 Å². The van der Waals surface area contributed by atoms with Gasteiger partial charge in [-0.3, -0.25) is 0 Å². The maximum absolute atomic E-state index is 8.72. The van der Waals surface area contributed by atoms with Gasteiger partial charge in [0, 0.05) is 24.8 Å². The number of hydrogen-bond donors (Lipinski definition) is 2. The van der Waals surface area contributed by atoms with Crippen molar-refractivity contribution in [2.45, 2.75) is 6.92 Å². The van der Waals surface area contributed by atoms with Gasteiger partial charge in [0.25, 0.3) is 0 Å². The maximum atomic E-state index is 8.72. The average Bonchev–Trinajstić information content (AvgIpc) is 2.19. The topological polar surface area (TPSA) is 68.4 Å². The van der Waals surface area contributed by atoms with Crippen LogP contribution in [0.1, 0.15) is 6.92 Å². The first-order chi connectivity index (χ1) is 6.71. The van der Waals surface area contributed by atoms with Gasteiger partial charge < -0.3 is 15.3 Å². The van der Waals surface area contributed by atoms with E-state index in [-0.39, 0.29) is 11.5 Å². The van der Waals surface area contributed by atoms with Gasteiger partial charge in [-0.05, 0) is 6.92 Å². The van der Waals surface area contributed by atoms with Crippen LogP contribution in [0.3, 0.4) is 0 Å². The number of hydrogen-bond acceptors (Lipinski definition) is 4. The Hall–Kier alpha value is -0.680. The molecule has 0 saturated carbocycles.